The molecule has 1 saturated heterocycles. The topological polar surface area (TPSA) is 70.6 Å². The third-order valence-corrected chi connectivity index (χ3v) is 8.55. The van der Waals surface area contributed by atoms with Gasteiger partial charge in [-0.25, -0.2) is 13.4 Å². The first-order valence-corrected chi connectivity index (χ1v) is 11.9. The Balaban J connectivity index is 1.64. The molecule has 2 aromatic rings. The van der Waals surface area contributed by atoms with Gasteiger partial charge in [0.25, 0.3) is 0 Å². The molecule has 10 heteroatoms. The SMILES string of the molecule is CC(C)c1nc(CC(=O)N2CCN(S(=O)(=O)c3c(Cl)cccc3Cl)CC2)cs1. The second-order valence-corrected chi connectivity index (χ2v) is 10.4. The zero-order valence-electron chi connectivity index (χ0n) is 15.6. The second kappa shape index (κ2) is 8.67. The Morgan fingerprint density at radius 3 is 2.32 bits per heavy atom. The van der Waals surface area contributed by atoms with Gasteiger partial charge in [-0.3, -0.25) is 4.79 Å². The molecule has 0 aliphatic carbocycles. The van der Waals surface area contributed by atoms with E-state index in [2.05, 4.69) is 18.8 Å². The number of thiazole rings is 1. The summed E-state index contributed by atoms with van der Waals surface area (Å²) >= 11 is 13.7. The standard InChI is InChI=1S/C18H21Cl2N3O3S2/c1-12(2)18-21-13(11-27-18)10-16(24)22-6-8-23(9-7-22)28(25,26)17-14(19)4-3-5-15(17)20/h3-5,11-12H,6-10H2,1-2H3. The summed E-state index contributed by atoms with van der Waals surface area (Å²) < 4.78 is 27.1. The summed E-state index contributed by atoms with van der Waals surface area (Å²) in [5, 5.41) is 3.11. The van der Waals surface area contributed by atoms with Crippen molar-refractivity contribution in [2.45, 2.75) is 31.1 Å². The van der Waals surface area contributed by atoms with Crippen LogP contribution in [-0.4, -0.2) is 54.7 Å². The third kappa shape index (κ3) is 4.52. The van der Waals surface area contributed by atoms with Crippen LogP contribution in [0.3, 0.4) is 0 Å². The summed E-state index contributed by atoms with van der Waals surface area (Å²) in [5.74, 6) is 0.285. The Kier molecular flexibility index (Phi) is 6.66. The van der Waals surface area contributed by atoms with Gasteiger partial charge < -0.3 is 4.90 Å². The average molecular weight is 462 g/mol. The molecule has 0 atom stereocenters. The number of carbonyl (C=O) groups is 1. The van der Waals surface area contributed by atoms with Crippen molar-refractivity contribution < 1.29 is 13.2 Å². The number of carbonyl (C=O) groups excluding carboxylic acids is 1. The van der Waals surface area contributed by atoms with Crippen LogP contribution in [-0.2, 0) is 21.2 Å². The number of halogens is 2. The highest BCUT2D eigenvalue weighted by Gasteiger charge is 2.33. The van der Waals surface area contributed by atoms with Gasteiger partial charge in [-0.15, -0.1) is 11.3 Å². The highest BCUT2D eigenvalue weighted by Crippen LogP contribution is 2.32. The van der Waals surface area contributed by atoms with Crippen LogP contribution >= 0.6 is 34.5 Å². The van der Waals surface area contributed by atoms with Gasteiger partial charge in [0.1, 0.15) is 4.90 Å². The van der Waals surface area contributed by atoms with Gasteiger partial charge in [0.2, 0.25) is 15.9 Å². The van der Waals surface area contributed by atoms with Crippen molar-refractivity contribution in [2.24, 2.45) is 0 Å². The first-order valence-electron chi connectivity index (χ1n) is 8.86. The van der Waals surface area contributed by atoms with Crippen LogP contribution in [0.1, 0.15) is 30.5 Å². The van der Waals surface area contributed by atoms with Crippen molar-refractivity contribution >= 4 is 50.5 Å². The highest BCUT2D eigenvalue weighted by atomic mass is 35.5. The van der Waals surface area contributed by atoms with Crippen LogP contribution in [0.4, 0.5) is 0 Å². The van der Waals surface area contributed by atoms with Gasteiger partial charge in [-0.1, -0.05) is 43.1 Å². The van der Waals surface area contributed by atoms with E-state index in [9.17, 15) is 13.2 Å². The van der Waals surface area contributed by atoms with E-state index in [0.717, 1.165) is 10.7 Å². The van der Waals surface area contributed by atoms with Crippen LogP contribution < -0.4 is 0 Å². The van der Waals surface area contributed by atoms with Gasteiger partial charge in [0.05, 0.1) is 27.2 Å². The maximum Gasteiger partial charge on any atom is 0.246 e. The minimum Gasteiger partial charge on any atom is -0.340 e. The Bertz CT molecular complexity index is 948. The minimum atomic E-state index is -3.82. The van der Waals surface area contributed by atoms with E-state index in [4.69, 9.17) is 23.2 Å². The summed E-state index contributed by atoms with van der Waals surface area (Å²) in [6.07, 6.45) is 0.228. The molecular formula is C18H21Cl2N3O3S2. The fourth-order valence-corrected chi connectivity index (χ4v) is 6.32. The number of hydrogen-bond donors (Lipinski definition) is 0. The van der Waals surface area contributed by atoms with E-state index in [1.54, 1.807) is 22.3 Å². The average Bonchev–Trinajstić information content (AvgIpc) is 3.10. The number of sulfonamides is 1. The molecule has 152 valence electrons. The summed E-state index contributed by atoms with van der Waals surface area (Å²) in [4.78, 5) is 18.6. The molecule has 3 rings (SSSR count). The van der Waals surface area contributed by atoms with E-state index in [1.807, 2.05) is 5.38 Å². The molecule has 6 nitrogen and oxygen atoms in total. The molecule has 0 radical (unpaired) electrons. The number of piperazine rings is 1. The molecule has 0 saturated carbocycles. The number of aromatic nitrogens is 1. The molecule has 1 aliphatic heterocycles. The molecule has 28 heavy (non-hydrogen) atoms. The molecule has 1 amide bonds. The fourth-order valence-electron chi connectivity index (χ4n) is 2.97. The third-order valence-electron chi connectivity index (χ3n) is 4.50. The van der Waals surface area contributed by atoms with E-state index < -0.39 is 10.0 Å². The van der Waals surface area contributed by atoms with Gasteiger partial charge in [0, 0.05) is 37.5 Å². The maximum atomic E-state index is 12.9. The Labute approximate surface area is 179 Å². The second-order valence-electron chi connectivity index (χ2n) is 6.84. The highest BCUT2D eigenvalue weighted by molar-refractivity contribution is 7.89. The number of benzene rings is 1. The van der Waals surface area contributed by atoms with Crippen molar-refractivity contribution in [3.63, 3.8) is 0 Å². The maximum absolute atomic E-state index is 12.9. The molecule has 1 aromatic heterocycles. The van der Waals surface area contributed by atoms with Crippen molar-refractivity contribution in [1.82, 2.24) is 14.2 Å². The van der Waals surface area contributed by atoms with Crippen LogP contribution in [0.5, 0.6) is 0 Å². The Morgan fingerprint density at radius 2 is 1.79 bits per heavy atom. The van der Waals surface area contributed by atoms with Crippen LogP contribution in [0.15, 0.2) is 28.5 Å². The Morgan fingerprint density at radius 1 is 1.18 bits per heavy atom. The quantitative estimate of drug-likeness (QED) is 0.680. The molecule has 0 bridgehead atoms. The van der Waals surface area contributed by atoms with Crippen LogP contribution in [0.25, 0.3) is 0 Å². The molecule has 0 unspecified atom stereocenters. The first-order chi connectivity index (χ1) is 13.2. The predicted molar refractivity (Wildman–Crippen MR) is 112 cm³/mol. The molecule has 2 heterocycles. The molecule has 0 spiro atoms. The monoisotopic (exact) mass is 461 g/mol. The zero-order chi connectivity index (χ0) is 20.5. The number of nitrogens with zero attached hydrogens (tertiary/aromatic N) is 3. The predicted octanol–water partition coefficient (Wildman–Crippen LogP) is 3.65. The van der Waals surface area contributed by atoms with Crippen molar-refractivity contribution in [3.8, 4) is 0 Å². The van der Waals surface area contributed by atoms with Crippen molar-refractivity contribution in [1.29, 1.82) is 0 Å². The number of rotatable bonds is 5. The molecule has 1 aliphatic rings. The lowest BCUT2D eigenvalue weighted by Crippen LogP contribution is -2.51. The molecule has 1 fully saturated rings. The van der Waals surface area contributed by atoms with E-state index >= 15 is 0 Å². The summed E-state index contributed by atoms with van der Waals surface area (Å²) in [7, 11) is -3.82. The lowest BCUT2D eigenvalue weighted by atomic mass is 10.2. The van der Waals surface area contributed by atoms with Crippen LogP contribution in [0.2, 0.25) is 10.0 Å². The van der Waals surface area contributed by atoms with Gasteiger partial charge in [0.15, 0.2) is 0 Å². The molecular weight excluding hydrogens is 441 g/mol. The minimum absolute atomic E-state index is 0.0477. The molecule has 0 N–H and O–H groups in total. The Hall–Kier alpha value is -1.19. The van der Waals surface area contributed by atoms with E-state index in [-0.39, 0.29) is 40.4 Å². The number of hydrogen-bond acceptors (Lipinski definition) is 5. The largest absolute Gasteiger partial charge is 0.340 e. The zero-order valence-corrected chi connectivity index (χ0v) is 18.7. The first kappa shape index (κ1) is 21.5. The lowest BCUT2D eigenvalue weighted by molar-refractivity contribution is -0.131. The van der Waals surface area contributed by atoms with Gasteiger partial charge in [-0.05, 0) is 12.1 Å². The summed E-state index contributed by atoms with van der Waals surface area (Å²) in [6, 6.07) is 4.60. The normalized spacial score (nSPS) is 16.0. The summed E-state index contributed by atoms with van der Waals surface area (Å²) in [5.41, 5.74) is 0.761. The number of amides is 1. The fraction of sp³-hybridized carbons (Fsp3) is 0.444. The smallest absolute Gasteiger partial charge is 0.246 e. The van der Waals surface area contributed by atoms with Crippen molar-refractivity contribution in [3.05, 3.63) is 44.3 Å². The lowest BCUT2D eigenvalue weighted by Gasteiger charge is -2.34. The molecule has 1 aromatic carbocycles. The van der Waals surface area contributed by atoms with Crippen LogP contribution in [0, 0.1) is 0 Å². The summed E-state index contributed by atoms with van der Waals surface area (Å²) in [6.45, 7) is 5.17. The van der Waals surface area contributed by atoms with Gasteiger partial charge in [-0.2, -0.15) is 4.31 Å². The van der Waals surface area contributed by atoms with E-state index in [1.165, 1.54) is 16.4 Å². The van der Waals surface area contributed by atoms with E-state index in [0.29, 0.717) is 19.0 Å². The van der Waals surface area contributed by atoms with Crippen molar-refractivity contribution in [2.75, 3.05) is 26.2 Å². The van der Waals surface area contributed by atoms with Gasteiger partial charge >= 0.3 is 0 Å².